The van der Waals surface area contributed by atoms with Crippen LogP contribution >= 0.6 is 22.6 Å². The van der Waals surface area contributed by atoms with Gasteiger partial charge in [0.2, 0.25) is 0 Å². The van der Waals surface area contributed by atoms with Gasteiger partial charge in [0.15, 0.2) is 0 Å². The van der Waals surface area contributed by atoms with E-state index in [1.165, 1.54) is 9.26 Å². The molecule has 0 amide bonds. The van der Waals surface area contributed by atoms with Gasteiger partial charge in [0.25, 0.3) is 0 Å². The number of nitrogen functional groups attached to an aromatic ring is 1. The first-order chi connectivity index (χ1) is 8.20. The zero-order valence-corrected chi connectivity index (χ0v) is 11.9. The number of piperazine rings is 1. The predicted octanol–water partition coefficient (Wildman–Crippen LogP) is 0.988. The second kappa shape index (κ2) is 5.88. The molecule has 94 valence electrons. The summed E-state index contributed by atoms with van der Waals surface area (Å²) in [6.45, 7) is 5.09. The Balaban J connectivity index is 2.00. The van der Waals surface area contributed by atoms with E-state index in [0.717, 1.165) is 38.4 Å². The number of hydrogen-bond acceptors (Lipinski definition) is 4. The highest BCUT2D eigenvalue weighted by Gasteiger charge is 2.18. The Morgan fingerprint density at radius 1 is 1.24 bits per heavy atom. The Morgan fingerprint density at radius 2 is 1.94 bits per heavy atom. The Morgan fingerprint density at radius 3 is 2.53 bits per heavy atom. The number of β-amino-alcohol motifs (C(OH)–C–C–N with tert-alkyl or cyclic N) is 1. The molecule has 0 aromatic heterocycles. The molecule has 0 atom stereocenters. The average Bonchev–Trinajstić information content (AvgIpc) is 2.31. The maximum atomic E-state index is 8.91. The molecule has 1 aromatic carbocycles. The van der Waals surface area contributed by atoms with Crippen LogP contribution in [-0.2, 0) is 0 Å². The Labute approximate surface area is 116 Å². The van der Waals surface area contributed by atoms with Crippen LogP contribution in [0.1, 0.15) is 0 Å². The first-order valence-corrected chi connectivity index (χ1v) is 6.92. The number of halogens is 1. The highest BCUT2D eigenvalue weighted by atomic mass is 127. The van der Waals surface area contributed by atoms with Gasteiger partial charge < -0.3 is 15.7 Å². The van der Waals surface area contributed by atoms with Gasteiger partial charge in [-0.25, -0.2) is 0 Å². The molecule has 0 saturated carbocycles. The van der Waals surface area contributed by atoms with Crippen molar-refractivity contribution in [2.75, 3.05) is 50.0 Å². The molecule has 0 unspecified atom stereocenters. The van der Waals surface area contributed by atoms with Gasteiger partial charge in [0, 0.05) is 42.0 Å². The Kier molecular flexibility index (Phi) is 4.47. The van der Waals surface area contributed by atoms with Crippen molar-refractivity contribution >= 4 is 34.0 Å². The number of rotatable bonds is 3. The number of benzene rings is 1. The minimum Gasteiger partial charge on any atom is -0.399 e. The minimum atomic E-state index is 0.249. The van der Waals surface area contributed by atoms with Crippen LogP contribution in [0.25, 0.3) is 0 Å². The molecule has 0 aliphatic carbocycles. The number of nitrogens with zero attached hydrogens (tertiary/aromatic N) is 2. The second-order valence-corrected chi connectivity index (χ2v) is 5.43. The molecule has 1 saturated heterocycles. The summed E-state index contributed by atoms with van der Waals surface area (Å²) in [5, 5.41) is 8.91. The molecule has 1 aliphatic heterocycles. The topological polar surface area (TPSA) is 52.7 Å². The van der Waals surface area contributed by atoms with Crippen LogP contribution in [-0.4, -0.2) is 49.3 Å². The van der Waals surface area contributed by atoms with Crippen molar-refractivity contribution < 1.29 is 5.11 Å². The predicted molar refractivity (Wildman–Crippen MR) is 79.3 cm³/mol. The molecule has 0 radical (unpaired) electrons. The third kappa shape index (κ3) is 3.23. The molecule has 4 nitrogen and oxygen atoms in total. The standard InChI is InChI=1S/C12H18IN3O/c13-11-9-10(14)1-2-12(11)16-5-3-15(4-6-16)7-8-17/h1-2,9,17H,3-8,14H2. The Bertz CT molecular complexity index is 378. The summed E-state index contributed by atoms with van der Waals surface area (Å²) in [5.41, 5.74) is 7.84. The van der Waals surface area contributed by atoms with Crippen molar-refractivity contribution in [2.45, 2.75) is 0 Å². The number of anilines is 2. The van der Waals surface area contributed by atoms with Crippen LogP contribution in [0.3, 0.4) is 0 Å². The SMILES string of the molecule is Nc1ccc(N2CCN(CCO)CC2)c(I)c1. The van der Waals surface area contributed by atoms with Gasteiger partial charge in [0.05, 0.1) is 12.3 Å². The number of nitrogens with two attached hydrogens (primary N) is 1. The van der Waals surface area contributed by atoms with Gasteiger partial charge in [0.1, 0.15) is 0 Å². The lowest BCUT2D eigenvalue weighted by Crippen LogP contribution is -2.47. The lowest BCUT2D eigenvalue weighted by atomic mass is 10.2. The third-order valence-electron chi connectivity index (χ3n) is 3.10. The van der Waals surface area contributed by atoms with E-state index in [0.29, 0.717) is 0 Å². The van der Waals surface area contributed by atoms with Crippen LogP contribution in [0.2, 0.25) is 0 Å². The molecule has 3 N–H and O–H groups in total. The zero-order valence-electron chi connectivity index (χ0n) is 9.77. The number of aliphatic hydroxyl groups is 1. The Hall–Kier alpha value is -0.530. The molecule has 2 rings (SSSR count). The molecule has 0 bridgehead atoms. The van der Waals surface area contributed by atoms with Gasteiger partial charge in [-0.15, -0.1) is 0 Å². The van der Waals surface area contributed by atoms with Crippen LogP contribution in [0.4, 0.5) is 11.4 Å². The molecule has 5 heteroatoms. The fourth-order valence-electron chi connectivity index (χ4n) is 2.13. The van der Waals surface area contributed by atoms with E-state index < -0.39 is 0 Å². The van der Waals surface area contributed by atoms with E-state index in [1.807, 2.05) is 12.1 Å². The monoisotopic (exact) mass is 347 g/mol. The van der Waals surface area contributed by atoms with E-state index in [4.69, 9.17) is 10.8 Å². The molecule has 1 heterocycles. The van der Waals surface area contributed by atoms with E-state index in [-0.39, 0.29) is 6.61 Å². The fourth-order valence-corrected chi connectivity index (χ4v) is 3.01. The van der Waals surface area contributed by atoms with Gasteiger partial charge in [-0.2, -0.15) is 0 Å². The minimum absolute atomic E-state index is 0.249. The second-order valence-electron chi connectivity index (χ2n) is 4.26. The van der Waals surface area contributed by atoms with Gasteiger partial charge in [-0.05, 0) is 40.8 Å². The number of hydrogen-bond donors (Lipinski definition) is 2. The molecule has 17 heavy (non-hydrogen) atoms. The maximum Gasteiger partial charge on any atom is 0.0558 e. The van der Waals surface area contributed by atoms with Crippen LogP contribution in [0.15, 0.2) is 18.2 Å². The van der Waals surface area contributed by atoms with Crippen LogP contribution in [0, 0.1) is 3.57 Å². The van der Waals surface area contributed by atoms with Gasteiger partial charge >= 0.3 is 0 Å². The van der Waals surface area contributed by atoms with Crippen molar-refractivity contribution in [1.82, 2.24) is 4.90 Å². The van der Waals surface area contributed by atoms with Gasteiger partial charge in [-0.3, -0.25) is 4.90 Å². The normalized spacial score (nSPS) is 17.4. The summed E-state index contributed by atoms with van der Waals surface area (Å²) in [5.74, 6) is 0. The highest BCUT2D eigenvalue weighted by Crippen LogP contribution is 2.25. The summed E-state index contributed by atoms with van der Waals surface area (Å²) >= 11 is 2.34. The van der Waals surface area contributed by atoms with Crippen molar-refractivity contribution in [3.05, 3.63) is 21.8 Å². The quantitative estimate of drug-likeness (QED) is 0.633. The van der Waals surface area contributed by atoms with Crippen LogP contribution in [0.5, 0.6) is 0 Å². The lowest BCUT2D eigenvalue weighted by molar-refractivity contribution is 0.188. The molecular formula is C12H18IN3O. The summed E-state index contributed by atoms with van der Waals surface area (Å²) in [6.07, 6.45) is 0. The number of aliphatic hydroxyl groups excluding tert-OH is 1. The maximum absolute atomic E-state index is 8.91. The van der Waals surface area contributed by atoms with E-state index in [9.17, 15) is 0 Å². The molecular weight excluding hydrogens is 329 g/mol. The van der Waals surface area contributed by atoms with Crippen molar-refractivity contribution in [1.29, 1.82) is 0 Å². The highest BCUT2D eigenvalue weighted by molar-refractivity contribution is 14.1. The fraction of sp³-hybridized carbons (Fsp3) is 0.500. The largest absolute Gasteiger partial charge is 0.399 e. The molecule has 1 aromatic rings. The van der Waals surface area contributed by atoms with E-state index >= 15 is 0 Å². The van der Waals surface area contributed by atoms with Crippen molar-refractivity contribution in [2.24, 2.45) is 0 Å². The summed E-state index contributed by atoms with van der Waals surface area (Å²) < 4.78 is 1.21. The summed E-state index contributed by atoms with van der Waals surface area (Å²) in [6, 6.07) is 6.06. The smallest absolute Gasteiger partial charge is 0.0558 e. The van der Waals surface area contributed by atoms with E-state index in [2.05, 4.69) is 38.5 Å². The molecule has 1 fully saturated rings. The van der Waals surface area contributed by atoms with Crippen molar-refractivity contribution in [3.8, 4) is 0 Å². The summed E-state index contributed by atoms with van der Waals surface area (Å²) in [4.78, 5) is 4.68. The molecule has 0 spiro atoms. The zero-order chi connectivity index (χ0) is 12.3. The van der Waals surface area contributed by atoms with E-state index in [1.54, 1.807) is 0 Å². The first kappa shape index (κ1) is 12.9. The van der Waals surface area contributed by atoms with Crippen LogP contribution < -0.4 is 10.6 Å². The lowest BCUT2D eigenvalue weighted by Gasteiger charge is -2.36. The first-order valence-electron chi connectivity index (χ1n) is 5.84. The molecule has 1 aliphatic rings. The summed E-state index contributed by atoms with van der Waals surface area (Å²) in [7, 11) is 0. The average molecular weight is 347 g/mol. The van der Waals surface area contributed by atoms with Crippen molar-refractivity contribution in [3.63, 3.8) is 0 Å². The van der Waals surface area contributed by atoms with Gasteiger partial charge in [-0.1, -0.05) is 0 Å². The third-order valence-corrected chi connectivity index (χ3v) is 3.96.